The van der Waals surface area contributed by atoms with Crippen molar-refractivity contribution in [1.29, 1.82) is 0 Å². The van der Waals surface area contributed by atoms with Gasteiger partial charge < -0.3 is 40.7 Å². The molecule has 1 rings (SSSR count). The molecule has 1 aromatic rings. The van der Waals surface area contributed by atoms with E-state index in [9.17, 15) is 14.7 Å². The van der Waals surface area contributed by atoms with Gasteiger partial charge in [-0.25, -0.2) is 14.4 Å². The third-order valence-corrected chi connectivity index (χ3v) is 2.80. The number of rotatable bonds is 9. The van der Waals surface area contributed by atoms with Crippen molar-refractivity contribution >= 4 is 23.9 Å². The van der Waals surface area contributed by atoms with Crippen LogP contribution in [-0.4, -0.2) is 82.7 Å². The van der Waals surface area contributed by atoms with E-state index in [0.717, 1.165) is 0 Å². The number of hydrogen-bond acceptors (Lipinski definition) is 8. The SMILES string of the molecule is COC(=O)c1ccccc1OCC(O)CNCCC(=O)O.O.O=C(O)C(=O)O.[CH2]C. The van der Waals surface area contributed by atoms with Crippen LogP contribution in [0.4, 0.5) is 0 Å². The number of methoxy groups -OCH3 is 1. The number of benzene rings is 1. The van der Waals surface area contributed by atoms with Gasteiger partial charge in [0.05, 0.1) is 13.5 Å². The summed E-state index contributed by atoms with van der Waals surface area (Å²) < 4.78 is 10.0. The van der Waals surface area contributed by atoms with E-state index in [1.807, 2.05) is 0 Å². The van der Waals surface area contributed by atoms with E-state index in [1.165, 1.54) is 7.11 Å². The third kappa shape index (κ3) is 15.8. The number of carbonyl (C=O) groups is 4. The molecule has 12 heteroatoms. The topological polar surface area (TPSA) is 211 Å². The molecule has 12 nitrogen and oxygen atoms in total. The van der Waals surface area contributed by atoms with Crippen LogP contribution in [0.3, 0.4) is 0 Å². The molecule has 0 saturated carbocycles. The minimum Gasteiger partial charge on any atom is -0.490 e. The molecule has 0 aliphatic heterocycles. The van der Waals surface area contributed by atoms with Gasteiger partial charge in [-0.05, 0) is 12.1 Å². The van der Waals surface area contributed by atoms with E-state index in [0.29, 0.717) is 5.75 Å². The summed E-state index contributed by atoms with van der Waals surface area (Å²) >= 11 is 0. The van der Waals surface area contributed by atoms with Crippen LogP contribution in [0.15, 0.2) is 24.3 Å². The standard InChI is InChI=1S/C14H19NO6.C2H2O4.C2H5.H2O/c1-20-14(19)11-4-2-3-5-12(11)21-9-10(16)8-15-7-6-13(17)18;3-1(4)2(5)6;1-2;/h2-5,10,15-16H,6-9H2,1H3,(H,17,18);(H,3,4)(H,5,6);1H2,2H3;1H2. The predicted octanol–water partition coefficient (Wildman–Crippen LogP) is -0.552. The molecular weight excluding hydrogens is 406 g/mol. The smallest absolute Gasteiger partial charge is 0.414 e. The van der Waals surface area contributed by atoms with Gasteiger partial charge in [0.2, 0.25) is 0 Å². The summed E-state index contributed by atoms with van der Waals surface area (Å²) in [5.74, 6) is -4.74. The predicted molar refractivity (Wildman–Crippen MR) is 104 cm³/mol. The first-order valence-corrected chi connectivity index (χ1v) is 8.26. The maximum Gasteiger partial charge on any atom is 0.414 e. The fourth-order valence-corrected chi connectivity index (χ4v) is 1.58. The number of nitrogens with one attached hydrogen (secondary N) is 1. The van der Waals surface area contributed by atoms with Gasteiger partial charge in [-0.2, -0.15) is 0 Å². The van der Waals surface area contributed by atoms with Gasteiger partial charge in [0, 0.05) is 13.1 Å². The number of esters is 1. The van der Waals surface area contributed by atoms with Gasteiger partial charge in [0.25, 0.3) is 0 Å². The maximum absolute atomic E-state index is 11.5. The van der Waals surface area contributed by atoms with Crippen LogP contribution in [0.5, 0.6) is 5.75 Å². The minimum absolute atomic E-state index is 0. The highest BCUT2D eigenvalue weighted by Crippen LogP contribution is 2.18. The average molecular weight is 434 g/mol. The average Bonchev–Trinajstić information content (AvgIpc) is 2.71. The van der Waals surface area contributed by atoms with Crippen LogP contribution in [0.1, 0.15) is 23.7 Å². The Kier molecular flexibility index (Phi) is 20.1. The van der Waals surface area contributed by atoms with Crippen LogP contribution >= 0.6 is 0 Å². The zero-order chi connectivity index (χ0) is 22.8. The van der Waals surface area contributed by atoms with Crippen LogP contribution in [0, 0.1) is 6.92 Å². The number of hydrogen-bond donors (Lipinski definition) is 5. The number of carbonyl (C=O) groups excluding carboxylic acids is 1. The summed E-state index contributed by atoms with van der Waals surface area (Å²) in [6.07, 6.45) is -0.830. The summed E-state index contributed by atoms with van der Waals surface area (Å²) in [6.45, 7) is 5.45. The number of para-hydroxylation sites is 1. The second kappa shape index (κ2) is 19.1. The van der Waals surface area contributed by atoms with Crippen molar-refractivity contribution < 1.29 is 54.6 Å². The van der Waals surface area contributed by atoms with E-state index in [4.69, 9.17) is 29.6 Å². The second-order valence-corrected chi connectivity index (χ2v) is 4.91. The first-order chi connectivity index (χ1) is 13.7. The Hall–Kier alpha value is -3.22. The van der Waals surface area contributed by atoms with Crippen molar-refractivity contribution in [2.75, 3.05) is 26.8 Å². The minimum atomic E-state index is -1.82. The number of aliphatic carboxylic acids is 3. The lowest BCUT2D eigenvalue weighted by atomic mass is 10.2. The molecule has 7 N–H and O–H groups in total. The van der Waals surface area contributed by atoms with Gasteiger partial charge in [-0.15, -0.1) is 0 Å². The molecule has 0 amide bonds. The number of carboxylic acid groups (broad SMARTS) is 3. The molecule has 0 aliphatic carbocycles. The fourth-order valence-electron chi connectivity index (χ4n) is 1.58. The molecule has 1 atom stereocenters. The Morgan fingerprint density at radius 2 is 1.60 bits per heavy atom. The summed E-state index contributed by atoms with van der Waals surface area (Å²) in [5.41, 5.74) is 0.283. The van der Waals surface area contributed by atoms with Crippen LogP contribution in [0.2, 0.25) is 0 Å². The molecule has 30 heavy (non-hydrogen) atoms. The monoisotopic (exact) mass is 434 g/mol. The highest BCUT2D eigenvalue weighted by Gasteiger charge is 2.13. The number of ether oxygens (including phenoxy) is 2. The lowest BCUT2D eigenvalue weighted by Crippen LogP contribution is -2.32. The summed E-state index contributed by atoms with van der Waals surface area (Å²) in [6, 6.07) is 6.57. The number of aliphatic hydroxyl groups excluding tert-OH is 1. The lowest BCUT2D eigenvalue weighted by molar-refractivity contribution is -0.159. The van der Waals surface area contributed by atoms with Crippen LogP contribution in [0.25, 0.3) is 0 Å². The molecule has 0 saturated heterocycles. The zero-order valence-electron chi connectivity index (χ0n) is 16.7. The fraction of sp³-hybridized carbons (Fsp3) is 0.389. The highest BCUT2D eigenvalue weighted by molar-refractivity contribution is 6.27. The lowest BCUT2D eigenvalue weighted by Gasteiger charge is -2.14. The van der Waals surface area contributed by atoms with Crippen LogP contribution in [-0.2, 0) is 19.1 Å². The van der Waals surface area contributed by atoms with E-state index in [-0.39, 0.29) is 37.2 Å². The quantitative estimate of drug-likeness (QED) is 0.189. The highest BCUT2D eigenvalue weighted by atomic mass is 16.5. The maximum atomic E-state index is 11.5. The molecule has 0 heterocycles. The van der Waals surface area contributed by atoms with E-state index >= 15 is 0 Å². The van der Waals surface area contributed by atoms with Crippen molar-refractivity contribution in [3.63, 3.8) is 0 Å². The second-order valence-electron chi connectivity index (χ2n) is 4.91. The van der Waals surface area contributed by atoms with E-state index < -0.39 is 30.0 Å². The van der Waals surface area contributed by atoms with Gasteiger partial charge in [-0.3, -0.25) is 4.79 Å². The van der Waals surface area contributed by atoms with Crippen molar-refractivity contribution in [2.24, 2.45) is 0 Å². The molecule has 0 fully saturated rings. The van der Waals surface area contributed by atoms with Crippen molar-refractivity contribution in [1.82, 2.24) is 5.32 Å². The molecule has 171 valence electrons. The zero-order valence-corrected chi connectivity index (χ0v) is 16.7. The summed E-state index contributed by atoms with van der Waals surface area (Å²) in [4.78, 5) is 40.0. The van der Waals surface area contributed by atoms with Crippen molar-refractivity contribution in [2.45, 2.75) is 19.4 Å². The van der Waals surface area contributed by atoms with Crippen LogP contribution < -0.4 is 10.1 Å². The molecule has 0 bridgehead atoms. The van der Waals surface area contributed by atoms with Gasteiger partial charge in [-0.1, -0.05) is 26.0 Å². The summed E-state index contributed by atoms with van der Waals surface area (Å²) in [7, 11) is 1.28. The van der Waals surface area contributed by atoms with Crippen molar-refractivity contribution in [3.8, 4) is 5.75 Å². The Bertz CT molecular complexity index is 637. The number of carboxylic acids is 3. The Morgan fingerprint density at radius 1 is 1.07 bits per heavy atom. The Morgan fingerprint density at radius 3 is 2.07 bits per heavy atom. The molecule has 0 aromatic heterocycles. The molecular formula is C18H28NO11. The molecule has 1 unspecified atom stereocenters. The first-order valence-electron chi connectivity index (χ1n) is 8.26. The normalized spacial score (nSPS) is 9.87. The molecule has 1 aromatic carbocycles. The van der Waals surface area contributed by atoms with Crippen molar-refractivity contribution in [3.05, 3.63) is 36.8 Å². The molecule has 0 aliphatic rings. The van der Waals surface area contributed by atoms with Gasteiger partial charge in [0.1, 0.15) is 24.0 Å². The van der Waals surface area contributed by atoms with E-state index in [2.05, 4.69) is 17.0 Å². The largest absolute Gasteiger partial charge is 0.490 e. The van der Waals surface area contributed by atoms with Gasteiger partial charge in [0.15, 0.2) is 0 Å². The summed E-state index contributed by atoms with van der Waals surface area (Å²) in [5, 5.41) is 35.8. The number of aliphatic hydroxyl groups is 1. The Balaban J connectivity index is -0.000000696. The van der Waals surface area contributed by atoms with Gasteiger partial charge >= 0.3 is 23.9 Å². The Labute approximate surface area is 173 Å². The first kappa shape index (κ1) is 31.5. The third-order valence-electron chi connectivity index (χ3n) is 2.80. The van der Waals surface area contributed by atoms with E-state index in [1.54, 1.807) is 31.2 Å². The molecule has 1 radical (unpaired) electrons. The molecule has 0 spiro atoms.